The molecule has 23 heavy (non-hydrogen) atoms. The van der Waals surface area contributed by atoms with Crippen LogP contribution in [0.15, 0.2) is 18.2 Å². The lowest BCUT2D eigenvalue weighted by Gasteiger charge is -2.10. The van der Waals surface area contributed by atoms with Gasteiger partial charge in [0.25, 0.3) is 5.91 Å². The molecular formula is C17H17NO4S. The number of thiophene rings is 1. The molecule has 1 unspecified atom stereocenters. The number of aromatic carboxylic acids is 1. The minimum atomic E-state index is -1.05. The smallest absolute Gasteiger partial charge is 0.339 e. The molecule has 2 heterocycles. The maximum absolute atomic E-state index is 12.5. The van der Waals surface area contributed by atoms with Crippen molar-refractivity contribution >= 4 is 28.2 Å². The second kappa shape index (κ2) is 5.79. The van der Waals surface area contributed by atoms with Gasteiger partial charge in [-0.15, -0.1) is 11.3 Å². The van der Waals surface area contributed by atoms with Crippen LogP contribution in [0, 0.1) is 13.8 Å². The zero-order valence-electron chi connectivity index (χ0n) is 13.1. The predicted octanol–water partition coefficient (Wildman–Crippen LogP) is 3.91. The summed E-state index contributed by atoms with van der Waals surface area (Å²) in [7, 11) is 0. The number of nitrogens with one attached hydrogen (secondary N) is 1. The Balaban J connectivity index is 1.98. The Hall–Kier alpha value is -2.18. The first-order chi connectivity index (χ1) is 10.9. The highest BCUT2D eigenvalue weighted by molar-refractivity contribution is 7.17. The molecule has 1 aromatic heterocycles. The van der Waals surface area contributed by atoms with Gasteiger partial charge in [0.05, 0.1) is 12.7 Å². The summed E-state index contributed by atoms with van der Waals surface area (Å²) in [6.07, 6.45) is -0.265. The van der Waals surface area contributed by atoms with Crippen molar-refractivity contribution in [3.63, 3.8) is 0 Å². The highest BCUT2D eigenvalue weighted by Gasteiger charge is 2.32. The van der Waals surface area contributed by atoms with Crippen molar-refractivity contribution in [1.29, 1.82) is 0 Å². The van der Waals surface area contributed by atoms with Gasteiger partial charge in [0, 0.05) is 16.0 Å². The van der Waals surface area contributed by atoms with E-state index >= 15 is 0 Å². The third-order valence-corrected chi connectivity index (χ3v) is 5.28. The zero-order valence-corrected chi connectivity index (χ0v) is 13.9. The number of hydrogen-bond acceptors (Lipinski definition) is 4. The average Bonchev–Trinajstić information content (AvgIpc) is 3.01. The molecule has 0 fully saturated rings. The van der Waals surface area contributed by atoms with E-state index in [0.717, 1.165) is 16.0 Å². The number of hydrogen-bond donors (Lipinski definition) is 2. The Kier molecular flexibility index (Phi) is 3.95. The number of rotatable bonds is 3. The van der Waals surface area contributed by atoms with Crippen molar-refractivity contribution in [2.45, 2.75) is 33.5 Å². The first-order valence-electron chi connectivity index (χ1n) is 7.28. The highest BCUT2D eigenvalue weighted by Crippen LogP contribution is 2.43. The summed E-state index contributed by atoms with van der Waals surface area (Å²) in [4.78, 5) is 25.0. The van der Waals surface area contributed by atoms with E-state index in [1.165, 1.54) is 11.3 Å². The lowest BCUT2D eigenvalue weighted by molar-refractivity contribution is 0.0669. The van der Waals surface area contributed by atoms with E-state index in [-0.39, 0.29) is 17.6 Å². The van der Waals surface area contributed by atoms with Gasteiger partial charge in [-0.1, -0.05) is 12.1 Å². The standard InChI is InChI=1S/C17H17NO4S/c1-8-5-4-6-11(9(8)2)15(19)18-16-14(17(20)21)13-10(3)22-7-12(13)23-16/h4-6,10H,7H2,1-3H3,(H,18,19)(H,20,21). The average molecular weight is 331 g/mol. The molecule has 2 aromatic rings. The molecule has 1 amide bonds. The van der Waals surface area contributed by atoms with Gasteiger partial charge in [0.15, 0.2) is 0 Å². The van der Waals surface area contributed by atoms with Crippen LogP contribution in [0.4, 0.5) is 5.00 Å². The Morgan fingerprint density at radius 3 is 2.78 bits per heavy atom. The molecule has 0 bridgehead atoms. The maximum Gasteiger partial charge on any atom is 0.339 e. The topological polar surface area (TPSA) is 75.6 Å². The molecule has 0 saturated heterocycles. The molecule has 5 nitrogen and oxygen atoms in total. The first kappa shape index (κ1) is 15.7. The van der Waals surface area contributed by atoms with Crippen LogP contribution in [0.1, 0.15) is 55.3 Å². The van der Waals surface area contributed by atoms with Gasteiger partial charge >= 0.3 is 5.97 Å². The summed E-state index contributed by atoms with van der Waals surface area (Å²) in [5.74, 6) is -1.33. The fraction of sp³-hybridized carbons (Fsp3) is 0.294. The largest absolute Gasteiger partial charge is 0.478 e. The zero-order chi connectivity index (χ0) is 16.7. The van der Waals surface area contributed by atoms with Gasteiger partial charge in [-0.3, -0.25) is 4.79 Å². The van der Waals surface area contributed by atoms with E-state index in [2.05, 4.69) is 5.32 Å². The Morgan fingerprint density at radius 1 is 1.35 bits per heavy atom. The van der Waals surface area contributed by atoms with Gasteiger partial charge < -0.3 is 15.2 Å². The molecule has 0 saturated carbocycles. The lowest BCUT2D eigenvalue weighted by Crippen LogP contribution is -2.15. The minimum absolute atomic E-state index is 0.147. The number of carbonyl (C=O) groups excluding carboxylic acids is 1. The summed E-state index contributed by atoms with van der Waals surface area (Å²) in [6, 6.07) is 5.50. The summed E-state index contributed by atoms with van der Waals surface area (Å²) < 4.78 is 5.47. The quantitative estimate of drug-likeness (QED) is 0.894. The number of fused-ring (bicyclic) bond motifs is 1. The van der Waals surface area contributed by atoms with E-state index in [1.54, 1.807) is 6.07 Å². The van der Waals surface area contributed by atoms with Gasteiger partial charge in [-0.25, -0.2) is 4.79 Å². The van der Waals surface area contributed by atoms with Crippen molar-refractivity contribution < 1.29 is 19.4 Å². The number of benzene rings is 1. The number of ether oxygens (including phenoxy) is 1. The fourth-order valence-electron chi connectivity index (χ4n) is 2.78. The fourth-order valence-corrected chi connectivity index (χ4v) is 3.97. The number of anilines is 1. The van der Waals surface area contributed by atoms with E-state index < -0.39 is 5.97 Å². The summed E-state index contributed by atoms with van der Waals surface area (Å²) in [5.41, 5.74) is 3.29. The number of amides is 1. The third-order valence-electron chi connectivity index (χ3n) is 4.18. The number of carboxylic acids is 1. The van der Waals surface area contributed by atoms with Crippen LogP contribution in [-0.2, 0) is 11.3 Å². The summed E-state index contributed by atoms with van der Waals surface area (Å²) in [6.45, 7) is 6.03. The SMILES string of the molecule is Cc1cccc(C(=O)Nc2sc3c(c2C(=O)O)C(C)OC3)c1C. The van der Waals surface area contributed by atoms with E-state index in [1.807, 2.05) is 32.9 Å². The van der Waals surface area contributed by atoms with Gasteiger partial charge in [0.2, 0.25) is 0 Å². The van der Waals surface area contributed by atoms with Crippen LogP contribution >= 0.6 is 11.3 Å². The maximum atomic E-state index is 12.5. The Morgan fingerprint density at radius 2 is 2.09 bits per heavy atom. The van der Waals surface area contributed by atoms with Crippen molar-refractivity contribution in [2.24, 2.45) is 0 Å². The second-order valence-corrected chi connectivity index (χ2v) is 6.71. The van der Waals surface area contributed by atoms with Gasteiger partial charge in [-0.2, -0.15) is 0 Å². The van der Waals surface area contributed by atoms with Crippen molar-refractivity contribution in [3.8, 4) is 0 Å². The van der Waals surface area contributed by atoms with Crippen LogP contribution in [0.25, 0.3) is 0 Å². The summed E-state index contributed by atoms with van der Waals surface area (Å²) >= 11 is 1.28. The first-order valence-corrected chi connectivity index (χ1v) is 8.09. The molecular weight excluding hydrogens is 314 g/mol. The molecule has 0 aliphatic carbocycles. The van der Waals surface area contributed by atoms with Crippen molar-refractivity contribution in [1.82, 2.24) is 0 Å². The molecule has 0 spiro atoms. The number of carbonyl (C=O) groups is 2. The number of carboxylic acid groups (broad SMARTS) is 1. The highest BCUT2D eigenvalue weighted by atomic mass is 32.1. The molecule has 2 N–H and O–H groups in total. The molecule has 3 rings (SSSR count). The molecule has 1 atom stereocenters. The Labute approximate surface area is 137 Å². The van der Waals surface area contributed by atoms with Crippen molar-refractivity contribution in [2.75, 3.05) is 5.32 Å². The predicted molar refractivity (Wildman–Crippen MR) is 88.4 cm³/mol. The van der Waals surface area contributed by atoms with E-state index in [4.69, 9.17) is 4.74 Å². The van der Waals surface area contributed by atoms with E-state index in [9.17, 15) is 14.7 Å². The second-order valence-electron chi connectivity index (χ2n) is 5.60. The normalized spacial score (nSPS) is 16.2. The molecule has 0 radical (unpaired) electrons. The third kappa shape index (κ3) is 2.64. The van der Waals surface area contributed by atoms with Crippen LogP contribution in [0.5, 0.6) is 0 Å². The minimum Gasteiger partial charge on any atom is -0.478 e. The molecule has 6 heteroatoms. The summed E-state index contributed by atoms with van der Waals surface area (Å²) in [5, 5.41) is 12.7. The van der Waals surface area contributed by atoms with Gasteiger partial charge in [-0.05, 0) is 38.0 Å². The molecule has 1 aromatic carbocycles. The van der Waals surface area contributed by atoms with Crippen molar-refractivity contribution in [3.05, 3.63) is 50.9 Å². The van der Waals surface area contributed by atoms with E-state index in [0.29, 0.717) is 22.7 Å². The van der Waals surface area contributed by atoms with Gasteiger partial charge in [0.1, 0.15) is 10.6 Å². The Bertz CT molecular complexity index is 809. The molecule has 120 valence electrons. The lowest BCUT2D eigenvalue weighted by atomic mass is 10.0. The van der Waals surface area contributed by atoms with Crippen LogP contribution in [-0.4, -0.2) is 17.0 Å². The molecule has 1 aliphatic rings. The van der Waals surface area contributed by atoms with Crippen LogP contribution in [0.2, 0.25) is 0 Å². The van der Waals surface area contributed by atoms with Crippen LogP contribution < -0.4 is 5.32 Å². The van der Waals surface area contributed by atoms with Crippen LogP contribution in [0.3, 0.4) is 0 Å². The monoisotopic (exact) mass is 331 g/mol. The molecule has 1 aliphatic heterocycles. The number of aryl methyl sites for hydroxylation is 1.